The third-order valence-electron chi connectivity index (χ3n) is 7.23. The number of fused-ring (bicyclic) bond motifs is 3. The summed E-state index contributed by atoms with van der Waals surface area (Å²) in [7, 11) is 0. The highest BCUT2D eigenvalue weighted by Gasteiger charge is 2.46. The van der Waals surface area contributed by atoms with Crippen LogP contribution in [0.3, 0.4) is 0 Å². The molecule has 5 N–H and O–H groups in total. The molecule has 2 bridgehead atoms. The molecule has 4 heterocycles. The Labute approximate surface area is 209 Å². The van der Waals surface area contributed by atoms with Crippen molar-refractivity contribution in [1.29, 1.82) is 0 Å². The van der Waals surface area contributed by atoms with E-state index < -0.39 is 0 Å². The molecule has 35 heavy (non-hydrogen) atoms. The van der Waals surface area contributed by atoms with Crippen LogP contribution in [-0.2, 0) is 13.2 Å². The lowest BCUT2D eigenvalue weighted by Gasteiger charge is -2.52. The Morgan fingerprint density at radius 1 is 1.00 bits per heavy atom. The zero-order chi connectivity index (χ0) is 24.4. The van der Waals surface area contributed by atoms with Gasteiger partial charge in [-0.2, -0.15) is 0 Å². The monoisotopic (exact) mass is 493 g/mol. The first-order valence-corrected chi connectivity index (χ1v) is 12.3. The van der Waals surface area contributed by atoms with Crippen LogP contribution in [0.4, 0.5) is 11.6 Å². The van der Waals surface area contributed by atoms with Crippen molar-refractivity contribution in [1.82, 2.24) is 15.3 Å². The summed E-state index contributed by atoms with van der Waals surface area (Å²) in [6, 6.07) is 18.6. The summed E-state index contributed by atoms with van der Waals surface area (Å²) in [5, 5.41) is 3.13. The molecule has 3 aromatic rings. The van der Waals surface area contributed by atoms with Gasteiger partial charge in [-0.1, -0.05) is 41.9 Å². The normalized spacial score (nSPS) is 23.1. The number of halogens is 1. The van der Waals surface area contributed by atoms with E-state index in [-0.39, 0.29) is 34.4 Å². The average Bonchev–Trinajstić information content (AvgIpc) is 2.87. The van der Waals surface area contributed by atoms with Gasteiger partial charge in [0, 0.05) is 18.4 Å². The smallest absolute Gasteiger partial charge is 0.274 e. The summed E-state index contributed by atoms with van der Waals surface area (Å²) in [4.78, 5) is 20.9. The van der Waals surface area contributed by atoms with Gasteiger partial charge in [-0.05, 0) is 35.7 Å². The maximum atomic E-state index is 12.9. The Balaban J connectivity index is 1.22. The second-order valence-electron chi connectivity index (χ2n) is 9.60. The second kappa shape index (κ2) is 9.71. The van der Waals surface area contributed by atoms with Crippen LogP contribution in [0.5, 0.6) is 5.75 Å². The van der Waals surface area contributed by atoms with Gasteiger partial charge in [0.05, 0.1) is 25.7 Å². The number of rotatable bonds is 7. The molecule has 1 unspecified atom stereocenters. The Bertz CT molecular complexity index is 1200. The number of ether oxygens (including phenoxy) is 1. The number of carbonyl (C=O) groups excluding carboxylic acids is 1. The molecule has 0 spiro atoms. The quantitative estimate of drug-likeness (QED) is 0.434. The number of quaternary nitrogens is 1. The van der Waals surface area contributed by atoms with Crippen LogP contribution in [-0.4, -0.2) is 46.0 Å². The van der Waals surface area contributed by atoms with Gasteiger partial charge in [0.1, 0.15) is 18.9 Å². The molecule has 0 radical (unpaired) electrons. The van der Waals surface area contributed by atoms with Crippen LogP contribution in [0.1, 0.15) is 34.5 Å². The molecule has 1 atom stereocenters. The number of hydrogen-bond donors (Lipinski definition) is 3. The van der Waals surface area contributed by atoms with Gasteiger partial charge in [0.15, 0.2) is 22.5 Å². The van der Waals surface area contributed by atoms with Gasteiger partial charge in [-0.3, -0.25) is 4.79 Å². The molecule has 8 nitrogen and oxygen atoms in total. The summed E-state index contributed by atoms with van der Waals surface area (Å²) >= 11 is 5.96. The van der Waals surface area contributed by atoms with Crippen LogP contribution in [0.15, 0.2) is 54.6 Å². The Kier molecular flexibility index (Phi) is 6.49. The van der Waals surface area contributed by atoms with E-state index in [1.807, 2.05) is 30.3 Å². The molecule has 0 aliphatic carbocycles. The van der Waals surface area contributed by atoms with Gasteiger partial charge in [0.2, 0.25) is 0 Å². The van der Waals surface area contributed by atoms with Gasteiger partial charge in [-0.25, -0.2) is 9.97 Å². The minimum Gasteiger partial charge on any atom is -0.489 e. The molecule has 9 heteroatoms. The molecule has 3 aliphatic rings. The second-order valence-corrected chi connectivity index (χ2v) is 9.96. The molecule has 2 aromatic carbocycles. The Morgan fingerprint density at radius 2 is 1.71 bits per heavy atom. The highest BCUT2D eigenvalue weighted by molar-refractivity contribution is 6.31. The van der Waals surface area contributed by atoms with Crippen molar-refractivity contribution >= 4 is 29.1 Å². The van der Waals surface area contributed by atoms with Crippen LogP contribution in [0.2, 0.25) is 5.15 Å². The fraction of sp³-hybridized carbons (Fsp3) is 0.346. The van der Waals surface area contributed by atoms with Gasteiger partial charge < -0.3 is 26.0 Å². The molecular weight excluding hydrogens is 464 g/mol. The predicted octanol–water partition coefficient (Wildman–Crippen LogP) is 3.41. The van der Waals surface area contributed by atoms with E-state index in [1.54, 1.807) is 0 Å². The molecule has 1 aromatic heterocycles. The van der Waals surface area contributed by atoms with Gasteiger partial charge in [0.25, 0.3) is 5.91 Å². The van der Waals surface area contributed by atoms with Crippen LogP contribution in [0, 0.1) is 5.92 Å². The molecule has 0 saturated carbocycles. The van der Waals surface area contributed by atoms with Crippen molar-refractivity contribution in [2.75, 3.05) is 31.1 Å². The zero-order valence-corrected chi connectivity index (χ0v) is 20.2. The van der Waals surface area contributed by atoms with E-state index in [9.17, 15) is 4.79 Å². The summed E-state index contributed by atoms with van der Waals surface area (Å²) in [6.07, 6.45) is 2.15. The maximum Gasteiger partial charge on any atom is 0.274 e. The molecule has 3 fully saturated rings. The Hall–Kier alpha value is -3.36. The minimum absolute atomic E-state index is 0.0101. The number of benzene rings is 2. The van der Waals surface area contributed by atoms with Crippen molar-refractivity contribution in [3.05, 3.63) is 76.6 Å². The fourth-order valence-electron chi connectivity index (χ4n) is 5.34. The average molecular weight is 494 g/mol. The first-order valence-electron chi connectivity index (χ1n) is 11.9. The minimum atomic E-state index is -0.353. The molecular formula is C26H30ClN6O2+. The van der Waals surface area contributed by atoms with E-state index in [2.05, 4.69) is 39.6 Å². The van der Waals surface area contributed by atoms with Crippen molar-refractivity contribution in [3.8, 4) is 5.75 Å². The Morgan fingerprint density at radius 3 is 2.43 bits per heavy atom. The first-order chi connectivity index (χ1) is 16.9. The lowest BCUT2D eigenvalue weighted by atomic mass is 9.81. The number of nitrogens with two attached hydrogens (primary N) is 2. The van der Waals surface area contributed by atoms with Gasteiger partial charge in [-0.15, -0.1) is 0 Å². The molecule has 1 amide bonds. The summed E-state index contributed by atoms with van der Waals surface area (Å²) in [5.41, 5.74) is 14.0. The zero-order valence-electron chi connectivity index (χ0n) is 19.5. The third-order valence-corrected chi connectivity index (χ3v) is 7.51. The third kappa shape index (κ3) is 5.18. The number of piperidine rings is 3. The van der Waals surface area contributed by atoms with E-state index in [0.29, 0.717) is 12.5 Å². The standard InChI is InChI=1S/C26H29ClN6O2/c27-23-25(29)32-24(28)22(31-23)26(34)30-21-15-33(12-10-19(21)11-13-33)14-17-6-8-20(9-7-17)35-16-18-4-2-1-3-5-18/h1-9,19,21H,10-16H2,(H4-,28,29,30,32,34)/p+1. The molecule has 3 saturated heterocycles. The van der Waals surface area contributed by atoms with Crippen molar-refractivity contribution in [2.24, 2.45) is 5.92 Å². The number of aromatic nitrogens is 2. The topological polar surface area (TPSA) is 116 Å². The number of amides is 1. The highest BCUT2D eigenvalue weighted by Crippen LogP contribution is 2.36. The SMILES string of the molecule is Nc1nc(N)c(C(=O)NC2C[N+]3(Cc4ccc(OCc5ccccc5)cc4)CCC2CC3)nc1Cl. The maximum absolute atomic E-state index is 12.9. The van der Waals surface area contributed by atoms with E-state index in [0.717, 1.165) is 54.8 Å². The number of anilines is 2. The highest BCUT2D eigenvalue weighted by atomic mass is 35.5. The predicted molar refractivity (Wildman–Crippen MR) is 136 cm³/mol. The first kappa shape index (κ1) is 23.4. The number of nitrogens with one attached hydrogen (secondary N) is 1. The van der Waals surface area contributed by atoms with Crippen LogP contribution >= 0.6 is 11.6 Å². The lowest BCUT2D eigenvalue weighted by Crippen LogP contribution is -2.66. The number of nitrogen functional groups attached to an aromatic ring is 2. The summed E-state index contributed by atoms with van der Waals surface area (Å²) in [5.74, 6) is 0.967. The fourth-order valence-corrected chi connectivity index (χ4v) is 5.46. The summed E-state index contributed by atoms with van der Waals surface area (Å²) in [6.45, 7) is 4.57. The van der Waals surface area contributed by atoms with Crippen LogP contribution in [0.25, 0.3) is 0 Å². The van der Waals surface area contributed by atoms with Crippen molar-refractivity contribution in [2.45, 2.75) is 32.0 Å². The molecule has 3 aliphatic heterocycles. The molecule has 182 valence electrons. The van der Waals surface area contributed by atoms with Crippen molar-refractivity contribution in [3.63, 3.8) is 0 Å². The number of carbonyl (C=O) groups is 1. The van der Waals surface area contributed by atoms with E-state index >= 15 is 0 Å². The van der Waals surface area contributed by atoms with E-state index in [1.165, 1.54) is 5.56 Å². The van der Waals surface area contributed by atoms with Crippen LogP contribution < -0.4 is 21.5 Å². The molecule has 6 rings (SSSR count). The largest absolute Gasteiger partial charge is 0.489 e. The summed E-state index contributed by atoms with van der Waals surface area (Å²) < 4.78 is 6.89. The lowest BCUT2D eigenvalue weighted by molar-refractivity contribution is -0.956. The van der Waals surface area contributed by atoms with E-state index in [4.69, 9.17) is 27.8 Å². The number of nitrogens with zero attached hydrogens (tertiary/aromatic N) is 3. The van der Waals surface area contributed by atoms with Gasteiger partial charge >= 0.3 is 0 Å². The van der Waals surface area contributed by atoms with Crippen molar-refractivity contribution < 1.29 is 14.0 Å². The number of hydrogen-bond acceptors (Lipinski definition) is 6.